The average molecular weight is 166 g/mol. The van der Waals surface area contributed by atoms with E-state index in [1.165, 1.54) is 6.20 Å². The van der Waals surface area contributed by atoms with Gasteiger partial charge in [0.25, 0.3) is 0 Å². The highest BCUT2D eigenvalue weighted by molar-refractivity contribution is 5.58. The number of hydrogen-bond acceptors (Lipinski definition) is 3. The minimum atomic E-state index is -0.386. The molecule has 0 aliphatic rings. The summed E-state index contributed by atoms with van der Waals surface area (Å²) in [6, 6.07) is 1.63. The van der Waals surface area contributed by atoms with Crippen molar-refractivity contribution in [2.75, 3.05) is 14.1 Å². The van der Waals surface area contributed by atoms with E-state index < -0.39 is 0 Å². The molecular formula is C7H10N4O. The van der Waals surface area contributed by atoms with Crippen molar-refractivity contribution in [3.05, 3.63) is 22.7 Å². The van der Waals surface area contributed by atoms with Crippen LogP contribution in [-0.4, -0.2) is 35.3 Å². The molecule has 1 heterocycles. The second-order valence-corrected chi connectivity index (χ2v) is 2.46. The molecule has 0 aliphatic carbocycles. The Morgan fingerprint density at radius 1 is 1.67 bits per heavy atom. The van der Waals surface area contributed by atoms with Gasteiger partial charge in [-0.1, -0.05) is 0 Å². The fourth-order valence-corrected chi connectivity index (χ4v) is 0.608. The molecule has 1 N–H and O–H groups in total. The molecule has 0 spiro atoms. The second kappa shape index (κ2) is 3.66. The third-order valence-corrected chi connectivity index (χ3v) is 1.08. The van der Waals surface area contributed by atoms with Gasteiger partial charge in [0, 0.05) is 20.3 Å². The number of aromatic amines is 1. The number of rotatable bonds is 2. The minimum absolute atomic E-state index is 0.386. The molecule has 0 atom stereocenters. The average Bonchev–Trinajstić information content (AvgIpc) is 2.01. The van der Waals surface area contributed by atoms with Crippen LogP contribution in [-0.2, 0) is 0 Å². The van der Waals surface area contributed by atoms with Gasteiger partial charge in [-0.25, -0.2) is 9.79 Å². The Morgan fingerprint density at radius 3 is 3.00 bits per heavy atom. The van der Waals surface area contributed by atoms with E-state index in [9.17, 15) is 4.79 Å². The number of nitrogens with one attached hydrogen (secondary N) is 1. The van der Waals surface area contributed by atoms with E-state index >= 15 is 0 Å². The topological polar surface area (TPSA) is 61.4 Å². The largest absolute Gasteiger partial charge is 0.369 e. The van der Waals surface area contributed by atoms with E-state index in [1.54, 1.807) is 17.3 Å². The Hall–Kier alpha value is -1.65. The van der Waals surface area contributed by atoms with E-state index in [2.05, 4.69) is 15.0 Å². The molecule has 5 nitrogen and oxygen atoms in total. The number of aliphatic imine (C=N–C) groups is 1. The molecule has 0 saturated heterocycles. The Bertz CT molecular complexity index is 328. The van der Waals surface area contributed by atoms with Gasteiger partial charge in [-0.3, -0.25) is 0 Å². The lowest BCUT2D eigenvalue weighted by atomic mass is 10.6. The predicted molar refractivity (Wildman–Crippen MR) is 46.7 cm³/mol. The Morgan fingerprint density at radius 2 is 2.42 bits per heavy atom. The quantitative estimate of drug-likeness (QED) is 0.496. The van der Waals surface area contributed by atoms with Crippen molar-refractivity contribution < 1.29 is 0 Å². The van der Waals surface area contributed by atoms with E-state index in [-0.39, 0.29) is 5.69 Å². The summed E-state index contributed by atoms with van der Waals surface area (Å²) >= 11 is 0. The molecule has 5 heteroatoms. The summed E-state index contributed by atoms with van der Waals surface area (Å²) in [5, 5.41) is 0. The van der Waals surface area contributed by atoms with E-state index in [0.717, 1.165) is 0 Å². The fraction of sp³-hybridized carbons (Fsp3) is 0.286. The van der Waals surface area contributed by atoms with Gasteiger partial charge in [0.2, 0.25) is 0 Å². The third kappa shape index (κ3) is 2.53. The van der Waals surface area contributed by atoms with E-state index in [1.807, 2.05) is 14.1 Å². The van der Waals surface area contributed by atoms with Crippen molar-refractivity contribution in [2.24, 2.45) is 4.99 Å². The van der Waals surface area contributed by atoms with Crippen LogP contribution in [0.2, 0.25) is 0 Å². The highest BCUT2D eigenvalue weighted by Crippen LogP contribution is 1.99. The van der Waals surface area contributed by atoms with Gasteiger partial charge >= 0.3 is 5.69 Å². The smallest absolute Gasteiger partial charge is 0.346 e. The molecule has 0 fully saturated rings. The van der Waals surface area contributed by atoms with Gasteiger partial charge in [-0.2, -0.15) is 4.98 Å². The maximum absolute atomic E-state index is 10.7. The van der Waals surface area contributed by atoms with Gasteiger partial charge in [-0.05, 0) is 6.07 Å². The van der Waals surface area contributed by atoms with Crippen LogP contribution in [0.1, 0.15) is 0 Å². The van der Waals surface area contributed by atoms with Crippen LogP contribution in [0.5, 0.6) is 0 Å². The van der Waals surface area contributed by atoms with Crippen LogP contribution in [0.4, 0.5) is 5.82 Å². The lowest BCUT2D eigenvalue weighted by Crippen LogP contribution is -2.09. The summed E-state index contributed by atoms with van der Waals surface area (Å²) in [6.45, 7) is 0. The maximum Gasteiger partial charge on any atom is 0.346 e. The molecule has 0 amide bonds. The zero-order valence-electron chi connectivity index (χ0n) is 6.98. The van der Waals surface area contributed by atoms with Crippen molar-refractivity contribution in [1.82, 2.24) is 14.9 Å². The van der Waals surface area contributed by atoms with Crippen molar-refractivity contribution in [3.63, 3.8) is 0 Å². The number of hydrogen-bond donors (Lipinski definition) is 1. The molecule has 0 aliphatic heterocycles. The number of aromatic nitrogens is 2. The van der Waals surface area contributed by atoms with Crippen molar-refractivity contribution >= 4 is 12.2 Å². The number of H-pyrrole nitrogens is 1. The SMILES string of the molecule is CN(C)/C=N\c1cc[nH]c(=O)n1. The zero-order valence-corrected chi connectivity index (χ0v) is 6.98. The summed E-state index contributed by atoms with van der Waals surface area (Å²) in [7, 11) is 3.69. The van der Waals surface area contributed by atoms with Gasteiger partial charge in [0.1, 0.15) is 0 Å². The first-order chi connectivity index (χ1) is 5.68. The van der Waals surface area contributed by atoms with Gasteiger partial charge in [0.15, 0.2) is 5.82 Å². The van der Waals surface area contributed by atoms with Gasteiger partial charge in [0.05, 0.1) is 6.34 Å². The first kappa shape index (κ1) is 8.45. The molecule has 0 unspecified atom stereocenters. The Kier molecular flexibility index (Phi) is 2.57. The molecule has 0 bridgehead atoms. The monoisotopic (exact) mass is 166 g/mol. The lowest BCUT2D eigenvalue weighted by molar-refractivity contribution is 0.643. The van der Waals surface area contributed by atoms with Gasteiger partial charge in [-0.15, -0.1) is 0 Å². The number of nitrogens with zero attached hydrogens (tertiary/aromatic N) is 3. The summed E-state index contributed by atoms with van der Waals surface area (Å²) in [5.41, 5.74) is -0.386. The third-order valence-electron chi connectivity index (χ3n) is 1.08. The predicted octanol–water partition coefficient (Wildman–Crippen LogP) is -0.00870. The molecule has 12 heavy (non-hydrogen) atoms. The van der Waals surface area contributed by atoms with Crippen LogP contribution < -0.4 is 5.69 Å². The first-order valence-electron chi connectivity index (χ1n) is 3.45. The van der Waals surface area contributed by atoms with Crippen molar-refractivity contribution in [3.8, 4) is 0 Å². The molecule has 1 aromatic rings. The van der Waals surface area contributed by atoms with E-state index in [4.69, 9.17) is 0 Å². The summed E-state index contributed by atoms with van der Waals surface area (Å²) in [4.78, 5) is 22.4. The molecular weight excluding hydrogens is 156 g/mol. The Balaban J connectivity index is 2.83. The lowest BCUT2D eigenvalue weighted by Gasteiger charge is -2.00. The van der Waals surface area contributed by atoms with Gasteiger partial charge < -0.3 is 9.88 Å². The Labute approximate surface area is 69.8 Å². The summed E-state index contributed by atoms with van der Waals surface area (Å²) < 4.78 is 0. The summed E-state index contributed by atoms with van der Waals surface area (Å²) in [6.07, 6.45) is 3.10. The zero-order chi connectivity index (χ0) is 8.97. The second-order valence-electron chi connectivity index (χ2n) is 2.46. The van der Waals surface area contributed by atoms with Crippen LogP contribution in [0, 0.1) is 0 Å². The normalized spacial score (nSPS) is 10.5. The molecule has 64 valence electrons. The van der Waals surface area contributed by atoms with Crippen molar-refractivity contribution in [2.45, 2.75) is 0 Å². The van der Waals surface area contributed by atoms with Crippen molar-refractivity contribution in [1.29, 1.82) is 0 Å². The van der Waals surface area contributed by atoms with Crippen LogP contribution in [0.25, 0.3) is 0 Å². The molecule has 0 saturated carbocycles. The highest BCUT2D eigenvalue weighted by atomic mass is 16.1. The first-order valence-corrected chi connectivity index (χ1v) is 3.45. The maximum atomic E-state index is 10.7. The summed E-state index contributed by atoms with van der Waals surface area (Å²) in [5.74, 6) is 0.410. The minimum Gasteiger partial charge on any atom is -0.369 e. The molecule has 0 radical (unpaired) electrons. The highest BCUT2D eigenvalue weighted by Gasteiger charge is 1.88. The van der Waals surface area contributed by atoms with Crippen LogP contribution in [0.15, 0.2) is 22.1 Å². The standard InChI is InChI=1S/C7H10N4O/c1-11(2)5-9-6-3-4-8-7(12)10-6/h3-5H,1-2H3,(H,8,10,12)/b9-5-. The van der Waals surface area contributed by atoms with Crippen LogP contribution >= 0.6 is 0 Å². The molecule has 1 rings (SSSR count). The molecule has 0 aromatic carbocycles. The van der Waals surface area contributed by atoms with E-state index in [0.29, 0.717) is 5.82 Å². The van der Waals surface area contributed by atoms with Crippen LogP contribution in [0.3, 0.4) is 0 Å². The molecule has 1 aromatic heterocycles. The fourth-order valence-electron chi connectivity index (χ4n) is 0.608.